The van der Waals surface area contributed by atoms with E-state index in [0.717, 1.165) is 18.5 Å². The Morgan fingerprint density at radius 2 is 2.05 bits per heavy atom. The summed E-state index contributed by atoms with van der Waals surface area (Å²) in [6.45, 7) is 2.10. The van der Waals surface area contributed by atoms with Crippen LogP contribution in [0, 0.1) is 0 Å². The molecule has 2 aliphatic rings. The van der Waals surface area contributed by atoms with Crippen LogP contribution in [0.3, 0.4) is 0 Å². The molecule has 0 bridgehead atoms. The highest BCUT2D eigenvalue weighted by atomic mass is 16.5. The summed E-state index contributed by atoms with van der Waals surface area (Å²) >= 11 is 0. The molecule has 0 radical (unpaired) electrons. The van der Waals surface area contributed by atoms with Crippen LogP contribution in [0.2, 0.25) is 0 Å². The van der Waals surface area contributed by atoms with Crippen molar-refractivity contribution in [3.63, 3.8) is 0 Å². The number of fused-ring (bicyclic) bond motifs is 3. The van der Waals surface area contributed by atoms with Crippen molar-refractivity contribution < 1.29 is 19.1 Å². The maximum Gasteiger partial charge on any atom is 0.404 e. The maximum absolute atomic E-state index is 12.4. The lowest BCUT2D eigenvalue weighted by atomic mass is 9.90. The molecule has 1 aliphatic heterocycles. The van der Waals surface area contributed by atoms with E-state index < -0.39 is 6.09 Å². The Morgan fingerprint density at radius 1 is 1.33 bits per heavy atom. The first-order chi connectivity index (χ1) is 9.93. The van der Waals surface area contributed by atoms with E-state index in [1.807, 2.05) is 4.57 Å². The van der Waals surface area contributed by atoms with Crippen LogP contribution in [0.4, 0.5) is 4.79 Å². The van der Waals surface area contributed by atoms with Gasteiger partial charge in [0.15, 0.2) is 0 Å². The van der Waals surface area contributed by atoms with Gasteiger partial charge in [-0.25, -0.2) is 4.79 Å². The van der Waals surface area contributed by atoms with Gasteiger partial charge in [-0.1, -0.05) is 0 Å². The molecule has 4 N–H and O–H groups in total. The maximum atomic E-state index is 12.4. The van der Waals surface area contributed by atoms with E-state index in [2.05, 4.69) is 0 Å². The number of carbonyl (C=O) groups is 3. The molecule has 0 atom stereocenters. The molecule has 7 nitrogen and oxygen atoms in total. The number of Topliss-reactive ketones (excluding diaryl/α,β-unsaturated/α-hetero) is 2. The number of nitrogens with zero attached hydrogens (tertiary/aromatic N) is 1. The molecular formula is C14H15N3O4. The van der Waals surface area contributed by atoms with Gasteiger partial charge in [0.1, 0.15) is 12.3 Å². The molecular weight excluding hydrogens is 274 g/mol. The van der Waals surface area contributed by atoms with Gasteiger partial charge in [-0.2, -0.15) is 0 Å². The van der Waals surface area contributed by atoms with Gasteiger partial charge in [-0.05, 0) is 19.8 Å². The number of allylic oxidation sites excluding steroid dienone is 2. The molecule has 0 saturated heterocycles. The van der Waals surface area contributed by atoms with Crippen LogP contribution in [-0.2, 0) is 24.3 Å². The monoisotopic (exact) mass is 289 g/mol. The number of rotatable bonds is 2. The fraction of sp³-hybridized carbons (Fsp3) is 0.357. The van der Waals surface area contributed by atoms with Gasteiger partial charge >= 0.3 is 6.09 Å². The summed E-state index contributed by atoms with van der Waals surface area (Å²) in [6, 6.07) is 0. The van der Waals surface area contributed by atoms with E-state index in [1.165, 1.54) is 0 Å². The normalized spacial score (nSPS) is 17.0. The Morgan fingerprint density at radius 3 is 2.71 bits per heavy atom. The molecule has 0 aromatic carbocycles. The second-order valence-corrected chi connectivity index (χ2v) is 5.21. The Labute approximate surface area is 120 Å². The molecule has 0 fully saturated rings. The lowest BCUT2D eigenvalue weighted by molar-refractivity contribution is 0.0965. The second kappa shape index (κ2) is 4.47. The van der Waals surface area contributed by atoms with Crippen LogP contribution in [0.15, 0.2) is 11.3 Å². The van der Waals surface area contributed by atoms with Crippen molar-refractivity contribution in [1.82, 2.24) is 4.57 Å². The van der Waals surface area contributed by atoms with Crippen molar-refractivity contribution in [1.29, 1.82) is 0 Å². The molecule has 0 unspecified atom stereocenters. The van der Waals surface area contributed by atoms with Gasteiger partial charge in [0.2, 0.25) is 11.6 Å². The standard InChI is InChI=1S/C14H15N3O4/c1-6-10(15)13(19)9-7(5-21-14(16)20)8-3-2-4-17(8)11(9)12(6)18/h2-5,15H2,1H3,(H2,16,20). The minimum atomic E-state index is -0.920. The molecule has 1 aromatic heterocycles. The van der Waals surface area contributed by atoms with Crippen LogP contribution >= 0.6 is 0 Å². The fourth-order valence-electron chi connectivity index (χ4n) is 3.04. The minimum absolute atomic E-state index is 0.0444. The van der Waals surface area contributed by atoms with Crippen molar-refractivity contribution >= 4 is 17.7 Å². The smallest absolute Gasteiger partial charge is 0.404 e. The summed E-state index contributed by atoms with van der Waals surface area (Å²) in [6.07, 6.45) is 0.687. The molecule has 2 heterocycles. The first-order valence-electron chi connectivity index (χ1n) is 6.65. The van der Waals surface area contributed by atoms with Gasteiger partial charge in [0, 0.05) is 23.4 Å². The first kappa shape index (κ1) is 13.4. The summed E-state index contributed by atoms with van der Waals surface area (Å²) in [4.78, 5) is 35.7. The fourth-order valence-corrected chi connectivity index (χ4v) is 3.04. The van der Waals surface area contributed by atoms with Crippen molar-refractivity contribution in [2.24, 2.45) is 11.5 Å². The number of ether oxygens (including phenoxy) is 1. The lowest BCUT2D eigenvalue weighted by Gasteiger charge is -2.16. The summed E-state index contributed by atoms with van der Waals surface area (Å²) in [5.41, 5.74) is 13.0. The second-order valence-electron chi connectivity index (χ2n) is 5.21. The Balaban J connectivity index is 2.20. The third-order valence-electron chi connectivity index (χ3n) is 4.07. The number of amides is 1. The number of ketones is 2. The lowest BCUT2D eigenvalue weighted by Crippen LogP contribution is -2.27. The number of primary amides is 1. The molecule has 1 aliphatic carbocycles. The molecule has 3 rings (SSSR count). The topological polar surface area (TPSA) is 117 Å². The number of hydrogen-bond acceptors (Lipinski definition) is 5. The predicted molar refractivity (Wildman–Crippen MR) is 72.7 cm³/mol. The molecule has 1 aromatic rings. The van der Waals surface area contributed by atoms with E-state index in [4.69, 9.17) is 16.2 Å². The average Bonchev–Trinajstić information content (AvgIpc) is 3.00. The average molecular weight is 289 g/mol. The molecule has 0 spiro atoms. The van der Waals surface area contributed by atoms with Crippen molar-refractivity contribution in [2.45, 2.75) is 32.9 Å². The Hall–Kier alpha value is -2.57. The summed E-state index contributed by atoms with van der Waals surface area (Å²) in [5, 5.41) is 0. The van der Waals surface area contributed by atoms with E-state index in [9.17, 15) is 14.4 Å². The van der Waals surface area contributed by atoms with Crippen LogP contribution in [0.1, 0.15) is 45.4 Å². The molecule has 110 valence electrons. The Kier molecular flexibility index (Phi) is 2.86. The van der Waals surface area contributed by atoms with E-state index in [1.54, 1.807) is 6.92 Å². The summed E-state index contributed by atoms with van der Waals surface area (Å²) in [7, 11) is 0. The SMILES string of the molecule is CC1=C(N)C(=O)c2c(COC(N)=O)c3n(c2C1=O)CCC3. The zero-order valence-electron chi connectivity index (χ0n) is 11.6. The van der Waals surface area contributed by atoms with Crippen molar-refractivity contribution in [2.75, 3.05) is 0 Å². The van der Waals surface area contributed by atoms with Crippen molar-refractivity contribution in [3.05, 3.63) is 33.8 Å². The van der Waals surface area contributed by atoms with Crippen LogP contribution in [0.25, 0.3) is 0 Å². The first-order valence-corrected chi connectivity index (χ1v) is 6.65. The van der Waals surface area contributed by atoms with Gasteiger partial charge in [-0.15, -0.1) is 0 Å². The minimum Gasteiger partial charge on any atom is -0.445 e. The highest BCUT2D eigenvalue weighted by molar-refractivity contribution is 6.26. The zero-order valence-corrected chi connectivity index (χ0v) is 11.6. The third kappa shape index (κ3) is 1.77. The van der Waals surface area contributed by atoms with Gasteiger partial charge in [-0.3, -0.25) is 9.59 Å². The number of carbonyl (C=O) groups excluding carboxylic acids is 3. The van der Waals surface area contributed by atoms with Gasteiger partial charge in [0.05, 0.1) is 11.3 Å². The highest BCUT2D eigenvalue weighted by Gasteiger charge is 2.38. The number of aromatic nitrogens is 1. The van der Waals surface area contributed by atoms with Crippen LogP contribution in [-0.4, -0.2) is 22.2 Å². The van der Waals surface area contributed by atoms with E-state index >= 15 is 0 Å². The largest absolute Gasteiger partial charge is 0.445 e. The molecule has 21 heavy (non-hydrogen) atoms. The summed E-state index contributed by atoms with van der Waals surface area (Å²) in [5.74, 6) is -0.623. The Bertz CT molecular complexity index is 727. The van der Waals surface area contributed by atoms with Crippen LogP contribution < -0.4 is 11.5 Å². The predicted octanol–water partition coefficient (Wildman–Crippen LogP) is 0.641. The molecule has 7 heteroatoms. The summed E-state index contributed by atoms with van der Waals surface area (Å²) < 4.78 is 6.67. The molecule has 1 amide bonds. The van der Waals surface area contributed by atoms with Gasteiger partial charge < -0.3 is 20.8 Å². The van der Waals surface area contributed by atoms with Crippen molar-refractivity contribution in [3.8, 4) is 0 Å². The quantitative estimate of drug-likeness (QED) is 0.828. The van der Waals surface area contributed by atoms with Crippen LogP contribution in [0.5, 0.6) is 0 Å². The van der Waals surface area contributed by atoms with E-state index in [-0.39, 0.29) is 35.0 Å². The number of nitrogens with two attached hydrogens (primary N) is 2. The van der Waals surface area contributed by atoms with E-state index in [0.29, 0.717) is 17.8 Å². The van der Waals surface area contributed by atoms with Gasteiger partial charge in [0.25, 0.3) is 0 Å². The zero-order chi connectivity index (χ0) is 15.3. The molecule has 0 saturated carbocycles. The third-order valence-corrected chi connectivity index (χ3v) is 4.07. The number of hydrogen-bond donors (Lipinski definition) is 2. The highest BCUT2D eigenvalue weighted by Crippen LogP contribution is 2.35.